The number of carbonyl (C=O) groups is 2. The molecule has 1 N–H and O–H groups in total. The maximum atomic E-state index is 12.4. The van der Waals surface area contributed by atoms with Crippen LogP contribution >= 0.6 is 0 Å². The van der Waals surface area contributed by atoms with Crippen molar-refractivity contribution in [3.8, 4) is 5.75 Å². The number of nitrogens with zero attached hydrogens (tertiary/aromatic N) is 1. The zero-order valence-electron chi connectivity index (χ0n) is 13.1. The van der Waals surface area contributed by atoms with Crippen LogP contribution in [0.4, 0.5) is 10.5 Å². The second-order valence-electron chi connectivity index (χ2n) is 5.53. The van der Waals surface area contributed by atoms with Gasteiger partial charge in [0, 0.05) is 5.56 Å². The van der Waals surface area contributed by atoms with Crippen molar-refractivity contribution in [2.75, 3.05) is 4.90 Å². The van der Waals surface area contributed by atoms with Crippen molar-refractivity contribution in [3.05, 3.63) is 33.6 Å². The number of phenols is 1. The normalized spacial score (nSPS) is 14.8. The van der Waals surface area contributed by atoms with Crippen LogP contribution < -0.4 is 4.90 Å². The molecule has 1 aliphatic rings. The number of carbonyl (C=O) groups excluding carboxylic acids is 2. The van der Waals surface area contributed by atoms with Gasteiger partial charge in [0.05, 0.1) is 5.69 Å². The van der Waals surface area contributed by atoms with E-state index in [4.69, 9.17) is 4.74 Å². The number of hydrogen-bond donors (Lipinski definition) is 1. The second-order valence-corrected chi connectivity index (χ2v) is 5.53. The van der Waals surface area contributed by atoms with E-state index in [0.717, 1.165) is 21.6 Å². The largest absolute Gasteiger partial charge is 0.507 e. The second kappa shape index (κ2) is 4.91. The lowest BCUT2D eigenvalue weighted by atomic mass is 9.96. The van der Waals surface area contributed by atoms with Crippen LogP contribution in [0.25, 0.3) is 0 Å². The first-order valence-corrected chi connectivity index (χ1v) is 6.71. The van der Waals surface area contributed by atoms with Gasteiger partial charge < -0.3 is 9.84 Å². The molecule has 0 aliphatic carbocycles. The summed E-state index contributed by atoms with van der Waals surface area (Å²) >= 11 is 0. The molecule has 112 valence electrons. The molecule has 0 aromatic heterocycles. The highest BCUT2D eigenvalue weighted by atomic mass is 16.6. The Hall–Kier alpha value is -2.30. The van der Waals surface area contributed by atoms with Crippen molar-refractivity contribution in [2.24, 2.45) is 0 Å². The molecule has 0 saturated carbocycles. The highest BCUT2D eigenvalue weighted by Gasteiger charge is 2.40. The number of rotatable bonds is 1. The van der Waals surface area contributed by atoms with Crippen molar-refractivity contribution in [1.29, 1.82) is 0 Å². The van der Waals surface area contributed by atoms with Crippen LogP contribution in [0.3, 0.4) is 0 Å². The lowest BCUT2D eigenvalue weighted by Crippen LogP contribution is -2.30. The van der Waals surface area contributed by atoms with Crippen LogP contribution in [0.1, 0.15) is 36.1 Å². The van der Waals surface area contributed by atoms with Gasteiger partial charge >= 0.3 is 12.0 Å². The van der Waals surface area contributed by atoms with E-state index < -0.39 is 12.0 Å². The van der Waals surface area contributed by atoms with Gasteiger partial charge in [-0.3, -0.25) is 4.79 Å². The SMILES string of the molecule is CC(C)=C1OC(=O)N(c2c(C)c(C)c(C)c(O)c2C)C1=O. The van der Waals surface area contributed by atoms with E-state index in [0.29, 0.717) is 16.8 Å². The Kier molecular flexibility index (Phi) is 3.53. The molecule has 0 unspecified atom stereocenters. The fourth-order valence-corrected chi connectivity index (χ4v) is 2.52. The Morgan fingerprint density at radius 2 is 1.52 bits per heavy atom. The molecule has 1 fully saturated rings. The Morgan fingerprint density at radius 3 is 2.00 bits per heavy atom. The molecule has 2 rings (SSSR count). The van der Waals surface area contributed by atoms with Crippen LogP contribution in [0.5, 0.6) is 5.75 Å². The number of anilines is 1. The molecule has 21 heavy (non-hydrogen) atoms. The lowest BCUT2D eigenvalue weighted by Gasteiger charge is -2.21. The van der Waals surface area contributed by atoms with Crippen molar-refractivity contribution in [2.45, 2.75) is 41.5 Å². The predicted octanol–water partition coefficient (Wildman–Crippen LogP) is 3.40. The summed E-state index contributed by atoms with van der Waals surface area (Å²) in [5, 5.41) is 10.2. The molecular formula is C16H19NO4. The van der Waals surface area contributed by atoms with E-state index >= 15 is 0 Å². The average molecular weight is 289 g/mol. The molecule has 0 bridgehead atoms. The number of amides is 2. The molecule has 0 radical (unpaired) electrons. The maximum Gasteiger partial charge on any atom is 0.427 e. The fourth-order valence-electron chi connectivity index (χ4n) is 2.52. The monoisotopic (exact) mass is 289 g/mol. The number of phenolic OH excluding ortho intramolecular Hbond substituents is 1. The Labute approximate surface area is 123 Å². The topological polar surface area (TPSA) is 66.8 Å². The Morgan fingerprint density at radius 1 is 0.952 bits per heavy atom. The standard InChI is InChI=1S/C16H19NO4/c1-7(2)14-15(19)17(16(20)21-14)12-9(4)8(3)10(5)13(18)11(12)6/h18H,1-6H3. The van der Waals surface area contributed by atoms with Gasteiger partial charge in [-0.05, 0) is 63.8 Å². The van der Waals surface area contributed by atoms with E-state index in [1.54, 1.807) is 27.7 Å². The zero-order chi connectivity index (χ0) is 16.1. The third kappa shape index (κ3) is 2.09. The molecule has 5 nitrogen and oxygen atoms in total. The van der Waals surface area contributed by atoms with Crippen molar-refractivity contribution < 1.29 is 19.4 Å². The van der Waals surface area contributed by atoms with Crippen molar-refractivity contribution in [1.82, 2.24) is 0 Å². The van der Waals surface area contributed by atoms with E-state index in [-0.39, 0.29) is 11.5 Å². The summed E-state index contributed by atoms with van der Waals surface area (Å²) in [5.74, 6) is -0.343. The molecule has 1 aromatic carbocycles. The number of ether oxygens (including phenoxy) is 1. The summed E-state index contributed by atoms with van der Waals surface area (Å²) in [6.45, 7) is 10.6. The van der Waals surface area contributed by atoms with Crippen LogP contribution in [-0.2, 0) is 9.53 Å². The van der Waals surface area contributed by atoms with Crippen LogP contribution in [0.15, 0.2) is 11.3 Å². The minimum Gasteiger partial charge on any atom is -0.507 e. The van der Waals surface area contributed by atoms with Crippen molar-refractivity contribution >= 4 is 17.7 Å². The number of cyclic esters (lactones) is 1. The van der Waals surface area contributed by atoms with Gasteiger partial charge in [0.15, 0.2) is 5.76 Å². The van der Waals surface area contributed by atoms with Gasteiger partial charge in [-0.1, -0.05) is 0 Å². The first-order valence-electron chi connectivity index (χ1n) is 6.71. The first-order chi connectivity index (χ1) is 9.68. The van der Waals surface area contributed by atoms with Gasteiger partial charge in [0.25, 0.3) is 0 Å². The summed E-state index contributed by atoms with van der Waals surface area (Å²) in [7, 11) is 0. The molecular weight excluding hydrogens is 270 g/mol. The molecule has 1 aromatic rings. The number of aromatic hydroxyl groups is 1. The zero-order valence-corrected chi connectivity index (χ0v) is 13.1. The third-order valence-corrected chi connectivity index (χ3v) is 3.99. The highest BCUT2D eigenvalue weighted by Crippen LogP contribution is 2.39. The summed E-state index contributed by atoms with van der Waals surface area (Å²) in [6.07, 6.45) is -0.731. The van der Waals surface area contributed by atoms with E-state index in [1.807, 2.05) is 13.8 Å². The smallest absolute Gasteiger partial charge is 0.427 e. The quantitative estimate of drug-likeness (QED) is 0.805. The van der Waals surface area contributed by atoms with Gasteiger partial charge in [-0.25, -0.2) is 9.69 Å². The average Bonchev–Trinajstić information content (AvgIpc) is 2.71. The molecule has 0 atom stereocenters. The summed E-state index contributed by atoms with van der Waals surface area (Å²) in [6, 6.07) is 0. The highest BCUT2D eigenvalue weighted by molar-refractivity contribution is 6.24. The Balaban J connectivity index is 2.72. The van der Waals surface area contributed by atoms with E-state index in [9.17, 15) is 14.7 Å². The number of imide groups is 1. The van der Waals surface area contributed by atoms with Gasteiger partial charge in [-0.2, -0.15) is 0 Å². The van der Waals surface area contributed by atoms with Crippen LogP contribution in [0, 0.1) is 27.7 Å². The minimum atomic E-state index is -0.731. The van der Waals surface area contributed by atoms with E-state index in [2.05, 4.69) is 0 Å². The molecule has 0 spiro atoms. The van der Waals surface area contributed by atoms with Crippen LogP contribution in [0.2, 0.25) is 0 Å². The van der Waals surface area contributed by atoms with E-state index in [1.165, 1.54) is 0 Å². The predicted molar refractivity (Wildman–Crippen MR) is 79.4 cm³/mol. The molecule has 1 aliphatic heterocycles. The summed E-state index contributed by atoms with van der Waals surface area (Å²) in [4.78, 5) is 25.5. The summed E-state index contributed by atoms with van der Waals surface area (Å²) < 4.78 is 5.06. The molecule has 2 amide bonds. The van der Waals surface area contributed by atoms with Gasteiger partial charge in [-0.15, -0.1) is 0 Å². The molecule has 5 heteroatoms. The fraction of sp³-hybridized carbons (Fsp3) is 0.375. The lowest BCUT2D eigenvalue weighted by molar-refractivity contribution is -0.114. The summed E-state index contributed by atoms with van der Waals surface area (Å²) in [5.41, 5.74) is 3.91. The van der Waals surface area contributed by atoms with Gasteiger partial charge in [0.1, 0.15) is 5.75 Å². The maximum absolute atomic E-state index is 12.4. The van der Waals surface area contributed by atoms with Crippen molar-refractivity contribution in [3.63, 3.8) is 0 Å². The minimum absolute atomic E-state index is 0.0523. The van der Waals surface area contributed by atoms with Gasteiger partial charge in [0.2, 0.25) is 0 Å². The first kappa shape index (κ1) is 15.1. The Bertz CT molecular complexity index is 668. The molecule has 1 heterocycles. The third-order valence-electron chi connectivity index (χ3n) is 3.99. The number of allylic oxidation sites excluding steroid dienone is 1. The number of benzene rings is 1. The number of hydrogen-bond acceptors (Lipinski definition) is 4. The molecule has 1 saturated heterocycles. The van der Waals surface area contributed by atoms with Crippen LogP contribution in [-0.4, -0.2) is 17.1 Å².